The van der Waals surface area contributed by atoms with Crippen LogP contribution in [-0.2, 0) is 28.0 Å². The number of benzene rings is 3. The Morgan fingerprint density at radius 2 is 1.60 bits per heavy atom. The maximum Gasteiger partial charge on any atom is 0.254 e. The van der Waals surface area contributed by atoms with Gasteiger partial charge >= 0.3 is 0 Å². The predicted molar refractivity (Wildman–Crippen MR) is 173 cm³/mol. The van der Waals surface area contributed by atoms with Crippen molar-refractivity contribution in [3.05, 3.63) is 107 Å². The van der Waals surface area contributed by atoms with Crippen LogP contribution in [0.25, 0.3) is 0 Å². The number of aliphatic hydroxyl groups excluding tert-OH is 1. The third kappa shape index (κ3) is 7.86. The number of aliphatic hydroxyl groups is 1. The molecule has 0 aliphatic carbocycles. The fraction of sp³-hybridized carbons (Fsp3) is 0.400. The van der Waals surface area contributed by atoms with Gasteiger partial charge in [-0.25, -0.2) is 0 Å². The van der Waals surface area contributed by atoms with E-state index < -0.39 is 28.8 Å². The lowest BCUT2D eigenvalue weighted by molar-refractivity contribution is -0.147. The van der Waals surface area contributed by atoms with Gasteiger partial charge in [0, 0.05) is 16.9 Å². The molecule has 1 fully saturated rings. The molecule has 0 spiro atoms. The van der Waals surface area contributed by atoms with E-state index in [1.165, 1.54) is 16.7 Å². The summed E-state index contributed by atoms with van der Waals surface area (Å²) in [6, 6.07) is 22.9. The van der Waals surface area contributed by atoms with E-state index in [9.17, 15) is 19.5 Å². The van der Waals surface area contributed by atoms with Crippen molar-refractivity contribution in [2.24, 2.45) is 0 Å². The topological polar surface area (TPSA) is 98.7 Å². The number of thioether (sulfide) groups is 1. The van der Waals surface area contributed by atoms with Crippen LogP contribution in [0.3, 0.4) is 0 Å². The van der Waals surface area contributed by atoms with Crippen molar-refractivity contribution < 1.29 is 19.5 Å². The Morgan fingerprint density at radius 3 is 2.23 bits per heavy atom. The smallest absolute Gasteiger partial charge is 0.254 e. The van der Waals surface area contributed by atoms with Crippen LogP contribution in [0, 0.1) is 6.92 Å². The van der Waals surface area contributed by atoms with E-state index in [4.69, 9.17) is 0 Å². The number of carbonyl (C=O) groups is 3. The van der Waals surface area contributed by atoms with Gasteiger partial charge in [-0.1, -0.05) is 87.5 Å². The number of amides is 3. The second-order valence-corrected chi connectivity index (χ2v) is 14.4. The molecule has 0 bridgehead atoms. The zero-order valence-electron chi connectivity index (χ0n) is 25.9. The molecule has 3 N–H and O–H groups in total. The second kappa shape index (κ2) is 13.3. The third-order valence-electron chi connectivity index (χ3n) is 8.05. The van der Waals surface area contributed by atoms with E-state index in [1.807, 2.05) is 87.5 Å². The largest absolute Gasteiger partial charge is 0.381 e. The number of hydrogen-bond acceptors (Lipinski definition) is 5. The first-order valence-corrected chi connectivity index (χ1v) is 15.7. The molecule has 3 aromatic rings. The Hall–Kier alpha value is -3.62. The zero-order chi connectivity index (χ0) is 31.4. The van der Waals surface area contributed by atoms with Crippen LogP contribution in [0.15, 0.2) is 78.9 Å². The minimum Gasteiger partial charge on any atom is -0.381 e. The van der Waals surface area contributed by atoms with Crippen LogP contribution in [-0.4, -0.2) is 56.5 Å². The van der Waals surface area contributed by atoms with E-state index in [-0.39, 0.29) is 29.5 Å². The summed E-state index contributed by atoms with van der Waals surface area (Å²) in [5, 5.41) is 17.4. The Balaban J connectivity index is 1.54. The van der Waals surface area contributed by atoms with E-state index in [0.29, 0.717) is 12.1 Å². The lowest BCUT2D eigenvalue weighted by Crippen LogP contribution is -2.58. The van der Waals surface area contributed by atoms with Gasteiger partial charge in [0.2, 0.25) is 5.91 Å². The molecule has 1 heterocycles. The van der Waals surface area contributed by atoms with Gasteiger partial charge in [0.15, 0.2) is 6.10 Å². The maximum absolute atomic E-state index is 13.9. The summed E-state index contributed by atoms with van der Waals surface area (Å²) in [5.74, 6) is -0.984. The van der Waals surface area contributed by atoms with E-state index >= 15 is 0 Å². The highest BCUT2D eigenvalue weighted by Gasteiger charge is 2.49. The first kappa shape index (κ1) is 32.3. The van der Waals surface area contributed by atoms with Crippen LogP contribution in [0.4, 0.5) is 0 Å². The highest BCUT2D eigenvalue weighted by molar-refractivity contribution is 8.00. The first-order chi connectivity index (χ1) is 20.3. The van der Waals surface area contributed by atoms with Crippen molar-refractivity contribution in [1.82, 2.24) is 15.5 Å². The number of nitrogens with zero attached hydrogens (tertiary/aromatic N) is 1. The summed E-state index contributed by atoms with van der Waals surface area (Å²) < 4.78 is -0.571. The molecule has 0 aromatic heterocycles. The van der Waals surface area contributed by atoms with Crippen molar-refractivity contribution in [2.75, 3.05) is 5.88 Å². The SMILES string of the molecule is Cc1ccccc1CNC(=O)C1N(C(=O)C(O)C(Cc2ccccc2)NC(=O)c2ccc(C(C)(C)C)cc2)CSC1(C)C. The van der Waals surface area contributed by atoms with Gasteiger partial charge < -0.3 is 20.6 Å². The van der Waals surface area contributed by atoms with Crippen LogP contribution >= 0.6 is 11.8 Å². The molecule has 1 saturated heterocycles. The molecule has 3 aromatic carbocycles. The zero-order valence-corrected chi connectivity index (χ0v) is 26.7. The van der Waals surface area contributed by atoms with Crippen LogP contribution in [0.1, 0.15) is 67.2 Å². The Morgan fingerprint density at radius 1 is 0.977 bits per heavy atom. The Labute approximate surface area is 259 Å². The highest BCUT2D eigenvalue weighted by atomic mass is 32.2. The van der Waals surface area contributed by atoms with Crippen LogP contribution < -0.4 is 10.6 Å². The van der Waals surface area contributed by atoms with Crippen molar-refractivity contribution >= 4 is 29.5 Å². The quantitative estimate of drug-likeness (QED) is 0.321. The van der Waals surface area contributed by atoms with E-state index in [2.05, 4.69) is 31.4 Å². The lowest BCUT2D eigenvalue weighted by Gasteiger charge is -2.33. The second-order valence-electron chi connectivity index (χ2n) is 12.8. The summed E-state index contributed by atoms with van der Waals surface area (Å²) in [5.41, 5.74) is 4.42. The van der Waals surface area contributed by atoms with Crippen molar-refractivity contribution in [2.45, 2.75) is 82.9 Å². The van der Waals surface area contributed by atoms with Crippen molar-refractivity contribution in [3.8, 4) is 0 Å². The molecular formula is C35H43N3O4S. The maximum atomic E-state index is 13.9. The minimum atomic E-state index is -1.56. The van der Waals surface area contributed by atoms with Gasteiger partial charge in [-0.2, -0.15) is 0 Å². The summed E-state index contributed by atoms with van der Waals surface area (Å²) in [4.78, 5) is 42.3. The summed E-state index contributed by atoms with van der Waals surface area (Å²) in [6.07, 6.45) is -1.31. The number of hydrogen-bond donors (Lipinski definition) is 3. The van der Waals surface area contributed by atoms with Gasteiger partial charge in [-0.15, -0.1) is 11.8 Å². The van der Waals surface area contributed by atoms with Gasteiger partial charge in [-0.05, 0) is 67.0 Å². The van der Waals surface area contributed by atoms with Crippen molar-refractivity contribution in [3.63, 3.8) is 0 Å². The summed E-state index contributed by atoms with van der Waals surface area (Å²) in [7, 11) is 0. The van der Waals surface area contributed by atoms with Gasteiger partial charge in [0.25, 0.3) is 11.8 Å². The van der Waals surface area contributed by atoms with E-state index in [0.717, 1.165) is 22.3 Å². The normalized spacial score (nSPS) is 17.7. The number of rotatable bonds is 9. The lowest BCUT2D eigenvalue weighted by atomic mass is 9.86. The molecular weight excluding hydrogens is 558 g/mol. The fourth-order valence-electron chi connectivity index (χ4n) is 5.33. The van der Waals surface area contributed by atoms with Gasteiger partial charge in [-0.3, -0.25) is 14.4 Å². The first-order valence-electron chi connectivity index (χ1n) is 14.7. The molecule has 7 nitrogen and oxygen atoms in total. The Bertz CT molecular complexity index is 1430. The fourth-order valence-corrected chi connectivity index (χ4v) is 6.47. The average Bonchev–Trinajstić information content (AvgIpc) is 3.30. The molecule has 228 valence electrons. The monoisotopic (exact) mass is 601 g/mol. The molecule has 3 unspecified atom stereocenters. The van der Waals surface area contributed by atoms with Crippen LogP contribution in [0.2, 0.25) is 0 Å². The molecule has 0 radical (unpaired) electrons. The van der Waals surface area contributed by atoms with Gasteiger partial charge in [0.05, 0.1) is 11.9 Å². The molecule has 8 heteroatoms. The molecule has 3 amide bonds. The van der Waals surface area contributed by atoms with Crippen molar-refractivity contribution in [1.29, 1.82) is 0 Å². The number of carbonyl (C=O) groups excluding carboxylic acids is 3. The minimum absolute atomic E-state index is 0.0578. The molecule has 4 rings (SSSR count). The molecule has 0 saturated carbocycles. The molecule has 3 atom stereocenters. The summed E-state index contributed by atoms with van der Waals surface area (Å²) >= 11 is 1.49. The average molecular weight is 602 g/mol. The summed E-state index contributed by atoms with van der Waals surface area (Å²) in [6.45, 7) is 12.5. The highest BCUT2D eigenvalue weighted by Crippen LogP contribution is 2.40. The molecule has 1 aliphatic rings. The number of nitrogens with one attached hydrogen (secondary N) is 2. The third-order valence-corrected chi connectivity index (χ3v) is 9.43. The molecule has 1 aliphatic heterocycles. The predicted octanol–water partition coefficient (Wildman–Crippen LogP) is 4.99. The standard InChI is InChI=1S/C35H43N3O4S/c1-23-12-10-11-15-26(23)21-36-32(41)30-35(5,6)43-22-38(30)33(42)29(39)28(20-24-13-8-7-9-14-24)37-31(40)25-16-18-27(19-17-25)34(2,3)4/h7-19,28-30,39H,20-22H2,1-6H3,(H,36,41)(H,37,40). The molecule has 43 heavy (non-hydrogen) atoms. The Kier molecular flexibility index (Phi) is 10.0. The van der Waals surface area contributed by atoms with Crippen LogP contribution in [0.5, 0.6) is 0 Å². The van der Waals surface area contributed by atoms with Gasteiger partial charge in [0.1, 0.15) is 6.04 Å². The number of aryl methyl sites for hydroxylation is 1. The van der Waals surface area contributed by atoms with E-state index in [1.54, 1.807) is 12.1 Å².